The third kappa shape index (κ3) is 7.84. The largest absolute Gasteiger partial charge is 0.497 e. The molecule has 1 atom stereocenters. The summed E-state index contributed by atoms with van der Waals surface area (Å²) in [4.78, 5) is 29.5. The SMILES string of the molecule is CC[C@H](C(=O)NC1CCCCC1)N(Cc1ccccc1Cl)C(=O)CN(c1cc(OC)ccc1OC)S(=O)(=O)c1ccccc1. The van der Waals surface area contributed by atoms with Gasteiger partial charge in [-0.05, 0) is 55.2 Å². The predicted molar refractivity (Wildman–Crippen MR) is 172 cm³/mol. The van der Waals surface area contributed by atoms with Gasteiger partial charge in [-0.2, -0.15) is 0 Å². The minimum atomic E-state index is -4.27. The minimum Gasteiger partial charge on any atom is -0.497 e. The monoisotopic (exact) mass is 641 g/mol. The first-order valence-electron chi connectivity index (χ1n) is 14.8. The van der Waals surface area contributed by atoms with E-state index >= 15 is 0 Å². The van der Waals surface area contributed by atoms with Gasteiger partial charge in [0.25, 0.3) is 10.0 Å². The standard InChI is InChI=1S/C33H40ClN3O6S/c1-4-29(33(39)35-25-14-7-5-8-15-25)36(22-24-13-11-12-18-28(24)34)32(38)23-37(44(40,41)27-16-9-6-10-17-27)30-21-26(42-2)19-20-31(30)43-3/h6,9-13,16-21,25,29H,4-5,7-8,14-15,22-23H2,1-3H3,(H,35,39)/t29-/m1/s1. The van der Waals surface area contributed by atoms with Gasteiger partial charge in [-0.25, -0.2) is 8.42 Å². The summed E-state index contributed by atoms with van der Waals surface area (Å²) in [6, 6.07) is 18.9. The average Bonchev–Trinajstić information content (AvgIpc) is 3.04. The number of hydrogen-bond acceptors (Lipinski definition) is 6. The van der Waals surface area contributed by atoms with Crippen LogP contribution in [0.5, 0.6) is 11.5 Å². The Hall–Kier alpha value is -3.76. The molecule has 1 saturated carbocycles. The Morgan fingerprint density at radius 3 is 2.27 bits per heavy atom. The van der Waals surface area contributed by atoms with Gasteiger partial charge in [-0.15, -0.1) is 0 Å². The van der Waals surface area contributed by atoms with Gasteiger partial charge in [-0.3, -0.25) is 13.9 Å². The number of methoxy groups -OCH3 is 2. The van der Waals surface area contributed by atoms with E-state index < -0.39 is 28.5 Å². The Morgan fingerprint density at radius 1 is 0.955 bits per heavy atom. The topological polar surface area (TPSA) is 105 Å². The first-order valence-corrected chi connectivity index (χ1v) is 16.6. The van der Waals surface area contributed by atoms with Crippen molar-refractivity contribution in [2.24, 2.45) is 0 Å². The molecule has 11 heteroatoms. The van der Waals surface area contributed by atoms with Crippen LogP contribution in [0.25, 0.3) is 0 Å². The molecule has 3 aromatic rings. The maximum atomic E-state index is 14.4. The molecule has 44 heavy (non-hydrogen) atoms. The Labute approximate surface area is 265 Å². The van der Waals surface area contributed by atoms with Gasteiger partial charge in [0.15, 0.2) is 0 Å². The molecule has 1 fully saturated rings. The predicted octanol–water partition coefficient (Wildman–Crippen LogP) is 5.81. The molecule has 1 aliphatic rings. The molecule has 9 nitrogen and oxygen atoms in total. The molecule has 3 aromatic carbocycles. The zero-order valence-corrected chi connectivity index (χ0v) is 26.9. The fourth-order valence-electron chi connectivity index (χ4n) is 5.50. The third-order valence-corrected chi connectivity index (χ3v) is 10.0. The molecule has 0 saturated heterocycles. The van der Waals surface area contributed by atoms with Gasteiger partial charge in [0, 0.05) is 23.7 Å². The molecular weight excluding hydrogens is 602 g/mol. The van der Waals surface area contributed by atoms with Crippen molar-refractivity contribution in [2.45, 2.75) is 69.0 Å². The number of nitrogens with zero attached hydrogens (tertiary/aromatic N) is 2. The molecule has 0 bridgehead atoms. The number of benzene rings is 3. The molecule has 0 spiro atoms. The van der Waals surface area contributed by atoms with E-state index in [9.17, 15) is 18.0 Å². The Bertz CT molecular complexity index is 1530. The van der Waals surface area contributed by atoms with E-state index in [1.165, 1.54) is 37.3 Å². The number of amides is 2. The summed E-state index contributed by atoms with van der Waals surface area (Å²) in [7, 11) is -1.38. The number of ether oxygens (including phenoxy) is 2. The highest BCUT2D eigenvalue weighted by atomic mass is 35.5. The highest BCUT2D eigenvalue weighted by Crippen LogP contribution is 2.36. The van der Waals surface area contributed by atoms with E-state index in [0.717, 1.165) is 36.4 Å². The second kappa shape index (κ2) is 15.3. The van der Waals surface area contributed by atoms with Crippen LogP contribution in [0.15, 0.2) is 77.7 Å². The Kier molecular flexibility index (Phi) is 11.5. The molecular formula is C33H40ClN3O6S. The van der Waals surface area contributed by atoms with Gasteiger partial charge in [0.05, 0.1) is 24.8 Å². The van der Waals surface area contributed by atoms with E-state index in [4.69, 9.17) is 21.1 Å². The van der Waals surface area contributed by atoms with Crippen molar-refractivity contribution < 1.29 is 27.5 Å². The van der Waals surface area contributed by atoms with Gasteiger partial charge >= 0.3 is 0 Å². The van der Waals surface area contributed by atoms with Crippen LogP contribution in [0.2, 0.25) is 5.02 Å². The van der Waals surface area contributed by atoms with E-state index in [1.807, 2.05) is 6.92 Å². The zero-order valence-electron chi connectivity index (χ0n) is 25.4. The van der Waals surface area contributed by atoms with Crippen LogP contribution in [0.3, 0.4) is 0 Å². The number of rotatable bonds is 13. The molecule has 0 aliphatic heterocycles. The number of nitrogens with one attached hydrogen (secondary N) is 1. The summed E-state index contributed by atoms with van der Waals surface area (Å²) >= 11 is 6.51. The summed E-state index contributed by atoms with van der Waals surface area (Å²) in [5, 5.41) is 3.59. The molecule has 236 valence electrons. The van der Waals surface area contributed by atoms with Crippen molar-refractivity contribution in [3.05, 3.63) is 83.4 Å². The second-order valence-corrected chi connectivity index (χ2v) is 13.0. The number of carbonyl (C=O) groups excluding carboxylic acids is 2. The summed E-state index contributed by atoms with van der Waals surface area (Å²) < 4.78 is 40.3. The quantitative estimate of drug-likeness (QED) is 0.253. The van der Waals surface area contributed by atoms with Gasteiger partial charge in [-0.1, -0.05) is 74.2 Å². The van der Waals surface area contributed by atoms with Crippen molar-refractivity contribution >= 4 is 39.1 Å². The Morgan fingerprint density at radius 2 is 1.64 bits per heavy atom. The van der Waals surface area contributed by atoms with Crippen LogP contribution in [-0.2, 0) is 26.2 Å². The maximum absolute atomic E-state index is 14.4. The fraction of sp³-hybridized carbons (Fsp3) is 0.394. The minimum absolute atomic E-state index is 0.00240. The van der Waals surface area contributed by atoms with Crippen LogP contribution < -0.4 is 19.1 Å². The van der Waals surface area contributed by atoms with Gasteiger partial charge in [0.1, 0.15) is 24.1 Å². The molecule has 0 aromatic heterocycles. The number of carbonyl (C=O) groups is 2. The first-order chi connectivity index (χ1) is 21.2. The molecule has 0 radical (unpaired) electrons. The molecule has 2 amide bonds. The lowest BCUT2D eigenvalue weighted by molar-refractivity contribution is -0.140. The van der Waals surface area contributed by atoms with E-state index in [0.29, 0.717) is 22.8 Å². The molecule has 1 N–H and O–H groups in total. The summed E-state index contributed by atoms with van der Waals surface area (Å²) in [6.07, 6.45) is 5.32. The molecule has 1 aliphatic carbocycles. The third-order valence-electron chi connectivity index (χ3n) is 7.90. The maximum Gasteiger partial charge on any atom is 0.264 e. The van der Waals surface area contributed by atoms with E-state index in [1.54, 1.807) is 54.6 Å². The van der Waals surface area contributed by atoms with Gasteiger partial charge < -0.3 is 19.7 Å². The van der Waals surface area contributed by atoms with Crippen LogP contribution >= 0.6 is 11.6 Å². The van der Waals surface area contributed by atoms with Crippen molar-refractivity contribution in [1.29, 1.82) is 0 Å². The summed E-state index contributed by atoms with van der Waals surface area (Å²) in [6.45, 7) is 1.25. The zero-order chi connectivity index (χ0) is 31.7. The smallest absolute Gasteiger partial charge is 0.264 e. The van der Waals surface area contributed by atoms with Crippen molar-refractivity contribution in [1.82, 2.24) is 10.2 Å². The number of sulfonamides is 1. The lowest BCUT2D eigenvalue weighted by Gasteiger charge is -2.35. The first kappa shape index (κ1) is 33.1. The van der Waals surface area contributed by atoms with Crippen molar-refractivity contribution in [3.63, 3.8) is 0 Å². The lowest BCUT2D eigenvalue weighted by Crippen LogP contribution is -2.54. The van der Waals surface area contributed by atoms with E-state index in [2.05, 4.69) is 5.32 Å². The molecule has 0 heterocycles. The van der Waals surface area contributed by atoms with Crippen molar-refractivity contribution in [3.8, 4) is 11.5 Å². The van der Waals surface area contributed by atoms with Crippen LogP contribution in [0, 0.1) is 0 Å². The number of hydrogen-bond donors (Lipinski definition) is 1. The van der Waals surface area contributed by atoms with Gasteiger partial charge in [0.2, 0.25) is 11.8 Å². The summed E-state index contributed by atoms with van der Waals surface area (Å²) in [5.74, 6) is -0.221. The Balaban J connectivity index is 1.77. The lowest BCUT2D eigenvalue weighted by atomic mass is 9.95. The number of anilines is 1. The van der Waals surface area contributed by atoms with Crippen LogP contribution in [-0.4, -0.2) is 58.0 Å². The van der Waals surface area contributed by atoms with E-state index in [-0.39, 0.29) is 34.8 Å². The molecule has 4 rings (SSSR count). The van der Waals surface area contributed by atoms with Crippen molar-refractivity contribution in [2.75, 3.05) is 25.1 Å². The van der Waals surface area contributed by atoms with Crippen LogP contribution in [0.4, 0.5) is 5.69 Å². The fourth-order valence-corrected chi connectivity index (χ4v) is 7.13. The second-order valence-electron chi connectivity index (χ2n) is 10.7. The summed E-state index contributed by atoms with van der Waals surface area (Å²) in [5.41, 5.74) is 0.768. The highest BCUT2D eigenvalue weighted by Gasteiger charge is 2.35. The normalized spacial score (nSPS) is 14.4. The average molecular weight is 642 g/mol. The van der Waals surface area contributed by atoms with Crippen LogP contribution in [0.1, 0.15) is 51.0 Å². The number of halogens is 1. The molecule has 0 unspecified atom stereocenters. The highest BCUT2D eigenvalue weighted by molar-refractivity contribution is 7.92.